The number of hydrogen-bond acceptors (Lipinski definition) is 3. The molecule has 0 aromatic rings. The van der Waals surface area contributed by atoms with Gasteiger partial charge in [-0.1, -0.05) is 26.8 Å². The molecule has 0 amide bonds. The maximum Gasteiger partial charge on any atom is 0.0809 e. The molecule has 5 atom stereocenters. The maximum atomic E-state index is 10.8. The molecule has 0 aliphatic heterocycles. The van der Waals surface area contributed by atoms with Crippen LogP contribution in [0.5, 0.6) is 0 Å². The van der Waals surface area contributed by atoms with E-state index in [1.165, 1.54) is 0 Å². The van der Waals surface area contributed by atoms with E-state index in [1.54, 1.807) is 7.11 Å². The minimum atomic E-state index is -0.475. The van der Waals surface area contributed by atoms with E-state index < -0.39 is 6.10 Å². The van der Waals surface area contributed by atoms with Gasteiger partial charge in [0, 0.05) is 7.11 Å². The summed E-state index contributed by atoms with van der Waals surface area (Å²) in [7, 11) is 1.66. The second kappa shape index (κ2) is 5.55. The molecule has 0 bridgehead atoms. The third-order valence-corrected chi connectivity index (χ3v) is 5.49. The minimum Gasteiger partial charge on any atom is -0.392 e. The molecule has 0 radical (unpaired) electrons. The zero-order valence-electron chi connectivity index (χ0n) is 12.6. The van der Waals surface area contributed by atoms with Crippen molar-refractivity contribution in [3.8, 4) is 0 Å². The van der Waals surface area contributed by atoms with Crippen LogP contribution in [0.2, 0.25) is 0 Å². The first-order chi connectivity index (χ1) is 8.91. The Labute approximate surface area is 116 Å². The van der Waals surface area contributed by atoms with Crippen molar-refractivity contribution in [2.24, 2.45) is 23.2 Å². The number of hydrogen-bond donors (Lipinski definition) is 2. The normalized spacial score (nSPS) is 43.0. The zero-order valence-corrected chi connectivity index (χ0v) is 12.6. The molecule has 2 aliphatic carbocycles. The Morgan fingerprint density at radius 2 is 2.11 bits per heavy atom. The maximum absolute atomic E-state index is 10.8. The summed E-state index contributed by atoms with van der Waals surface area (Å²) < 4.78 is 5.21. The lowest BCUT2D eigenvalue weighted by molar-refractivity contribution is -0.0414. The standard InChI is InChI=1S/C16H28O3/c1-10(2)12-7-8-16(3)13(17)6-5-11(9-19-4)15(18)14(12)16/h5,10,12-15,17-18H,6-9H2,1-4H3/t12-,13+,14-,15+,16-/m1/s1. The van der Waals surface area contributed by atoms with Crippen molar-refractivity contribution in [2.45, 2.75) is 52.2 Å². The molecule has 0 saturated heterocycles. The smallest absolute Gasteiger partial charge is 0.0809 e. The van der Waals surface area contributed by atoms with Gasteiger partial charge in [0.15, 0.2) is 0 Å². The quantitative estimate of drug-likeness (QED) is 0.773. The molecule has 2 aliphatic rings. The van der Waals surface area contributed by atoms with Crippen LogP contribution in [0.3, 0.4) is 0 Å². The Bertz CT molecular complexity index is 350. The van der Waals surface area contributed by atoms with E-state index in [1.807, 2.05) is 6.08 Å². The van der Waals surface area contributed by atoms with Gasteiger partial charge in [0.2, 0.25) is 0 Å². The molecule has 2 rings (SSSR count). The van der Waals surface area contributed by atoms with Gasteiger partial charge < -0.3 is 14.9 Å². The predicted octanol–water partition coefficient (Wildman–Crippen LogP) is 2.37. The van der Waals surface area contributed by atoms with Gasteiger partial charge in [0.1, 0.15) is 0 Å². The Balaban J connectivity index is 2.35. The van der Waals surface area contributed by atoms with Crippen molar-refractivity contribution in [3.63, 3.8) is 0 Å². The van der Waals surface area contributed by atoms with Gasteiger partial charge in [-0.25, -0.2) is 0 Å². The predicted molar refractivity (Wildman–Crippen MR) is 75.7 cm³/mol. The second-order valence-electron chi connectivity index (χ2n) is 6.89. The third-order valence-electron chi connectivity index (χ3n) is 5.49. The number of ether oxygens (including phenoxy) is 1. The lowest BCUT2D eigenvalue weighted by atomic mass is 9.68. The summed E-state index contributed by atoms with van der Waals surface area (Å²) in [6.45, 7) is 7.06. The monoisotopic (exact) mass is 268 g/mol. The average Bonchev–Trinajstić information content (AvgIpc) is 2.68. The molecule has 3 heteroatoms. The van der Waals surface area contributed by atoms with E-state index in [4.69, 9.17) is 4.74 Å². The van der Waals surface area contributed by atoms with Crippen molar-refractivity contribution in [3.05, 3.63) is 11.6 Å². The molecule has 3 nitrogen and oxygen atoms in total. The van der Waals surface area contributed by atoms with Crippen LogP contribution in [-0.4, -0.2) is 36.1 Å². The van der Waals surface area contributed by atoms with E-state index in [0.29, 0.717) is 24.9 Å². The van der Waals surface area contributed by atoms with E-state index in [2.05, 4.69) is 20.8 Å². The molecule has 1 fully saturated rings. The lowest BCUT2D eigenvalue weighted by Crippen LogP contribution is -2.43. The molecule has 0 spiro atoms. The van der Waals surface area contributed by atoms with Gasteiger partial charge in [-0.2, -0.15) is 0 Å². The highest BCUT2D eigenvalue weighted by Gasteiger charge is 2.54. The minimum absolute atomic E-state index is 0.145. The summed E-state index contributed by atoms with van der Waals surface area (Å²) in [6.07, 6.45) is 3.90. The molecular formula is C16H28O3. The summed E-state index contributed by atoms with van der Waals surface area (Å²) >= 11 is 0. The van der Waals surface area contributed by atoms with Crippen LogP contribution in [0, 0.1) is 23.2 Å². The first kappa shape index (κ1) is 15.0. The molecule has 0 aromatic carbocycles. The lowest BCUT2D eigenvalue weighted by Gasteiger charge is -2.40. The topological polar surface area (TPSA) is 49.7 Å². The van der Waals surface area contributed by atoms with Crippen LogP contribution in [0.25, 0.3) is 0 Å². The SMILES string of the molecule is COCC1=CC[C@H](O)[C@@]2(C)CC[C@H](C(C)C)[C@@H]2[C@H]1O. The first-order valence-electron chi connectivity index (χ1n) is 7.45. The number of aliphatic hydroxyl groups is 2. The number of fused-ring (bicyclic) bond motifs is 1. The van der Waals surface area contributed by atoms with Crippen molar-refractivity contribution in [1.82, 2.24) is 0 Å². The van der Waals surface area contributed by atoms with Crippen molar-refractivity contribution in [2.75, 3.05) is 13.7 Å². The highest BCUT2D eigenvalue weighted by molar-refractivity contribution is 5.19. The van der Waals surface area contributed by atoms with Crippen LogP contribution >= 0.6 is 0 Å². The van der Waals surface area contributed by atoms with Gasteiger partial charge >= 0.3 is 0 Å². The molecule has 0 heterocycles. The Kier molecular flexibility index (Phi) is 4.38. The number of rotatable bonds is 3. The fourth-order valence-electron chi connectivity index (χ4n) is 4.24. The van der Waals surface area contributed by atoms with Gasteiger partial charge in [-0.15, -0.1) is 0 Å². The van der Waals surface area contributed by atoms with Gasteiger partial charge in [-0.3, -0.25) is 0 Å². The molecule has 0 aromatic heterocycles. The van der Waals surface area contributed by atoms with Crippen LogP contribution in [0.1, 0.15) is 40.0 Å². The molecule has 0 unspecified atom stereocenters. The Hall–Kier alpha value is -0.380. The fourth-order valence-corrected chi connectivity index (χ4v) is 4.24. The Morgan fingerprint density at radius 1 is 1.42 bits per heavy atom. The summed E-state index contributed by atoms with van der Waals surface area (Å²) in [5.41, 5.74) is 0.781. The van der Waals surface area contributed by atoms with E-state index in [9.17, 15) is 10.2 Å². The highest BCUT2D eigenvalue weighted by atomic mass is 16.5. The van der Waals surface area contributed by atoms with Gasteiger partial charge in [0.25, 0.3) is 0 Å². The van der Waals surface area contributed by atoms with Crippen molar-refractivity contribution >= 4 is 0 Å². The number of methoxy groups -OCH3 is 1. The molecular weight excluding hydrogens is 240 g/mol. The van der Waals surface area contributed by atoms with Crippen molar-refractivity contribution < 1.29 is 14.9 Å². The number of aliphatic hydroxyl groups excluding tert-OH is 2. The first-order valence-corrected chi connectivity index (χ1v) is 7.45. The zero-order chi connectivity index (χ0) is 14.2. The summed E-state index contributed by atoms with van der Waals surface area (Å²) in [5, 5.41) is 21.3. The molecule has 110 valence electrons. The summed E-state index contributed by atoms with van der Waals surface area (Å²) in [6, 6.07) is 0. The van der Waals surface area contributed by atoms with Crippen molar-refractivity contribution in [1.29, 1.82) is 0 Å². The molecule has 1 saturated carbocycles. The fraction of sp³-hybridized carbons (Fsp3) is 0.875. The average molecular weight is 268 g/mol. The summed E-state index contributed by atoms with van der Waals surface area (Å²) in [5.74, 6) is 1.16. The van der Waals surface area contributed by atoms with Gasteiger partial charge in [0.05, 0.1) is 18.8 Å². The second-order valence-corrected chi connectivity index (χ2v) is 6.89. The third kappa shape index (κ3) is 2.48. The van der Waals surface area contributed by atoms with Crippen LogP contribution in [0.15, 0.2) is 11.6 Å². The van der Waals surface area contributed by atoms with Crippen LogP contribution < -0.4 is 0 Å². The van der Waals surface area contributed by atoms with Crippen LogP contribution in [0.4, 0.5) is 0 Å². The van der Waals surface area contributed by atoms with Gasteiger partial charge in [-0.05, 0) is 48.0 Å². The highest BCUT2D eigenvalue weighted by Crippen LogP contribution is 2.55. The van der Waals surface area contributed by atoms with E-state index in [0.717, 1.165) is 18.4 Å². The largest absolute Gasteiger partial charge is 0.392 e. The van der Waals surface area contributed by atoms with E-state index >= 15 is 0 Å². The van der Waals surface area contributed by atoms with E-state index in [-0.39, 0.29) is 17.4 Å². The molecule has 19 heavy (non-hydrogen) atoms. The summed E-state index contributed by atoms with van der Waals surface area (Å²) in [4.78, 5) is 0. The Morgan fingerprint density at radius 3 is 2.68 bits per heavy atom. The van der Waals surface area contributed by atoms with Crippen LogP contribution in [-0.2, 0) is 4.74 Å². The molecule has 2 N–H and O–H groups in total.